The molecule has 1 rings (SSSR count). The van der Waals surface area contributed by atoms with E-state index in [-0.39, 0.29) is 6.61 Å². The van der Waals surface area contributed by atoms with E-state index in [9.17, 15) is 14.4 Å². The summed E-state index contributed by atoms with van der Waals surface area (Å²) in [6.07, 6.45) is 0.431. The number of primary amides is 1. The Balaban J connectivity index is 2.48. The lowest BCUT2D eigenvalue weighted by Crippen LogP contribution is -2.45. The molecule has 0 saturated heterocycles. The van der Waals surface area contributed by atoms with Crippen molar-refractivity contribution in [1.29, 1.82) is 0 Å². The van der Waals surface area contributed by atoms with Crippen LogP contribution in [0.1, 0.15) is 18.9 Å². The lowest BCUT2D eigenvalue weighted by Gasteiger charge is -2.13. The van der Waals surface area contributed by atoms with E-state index in [0.717, 1.165) is 12.0 Å². The molecule has 0 aliphatic carbocycles. The van der Waals surface area contributed by atoms with Gasteiger partial charge < -0.3 is 20.9 Å². The summed E-state index contributed by atoms with van der Waals surface area (Å²) in [5.41, 5.74) is 6.05. The van der Waals surface area contributed by atoms with Crippen LogP contribution in [0.5, 0.6) is 5.75 Å². The molecule has 1 aromatic carbocycles. The number of amides is 2. The van der Waals surface area contributed by atoms with Gasteiger partial charge in [-0.2, -0.15) is 0 Å². The second kappa shape index (κ2) is 7.88. The van der Waals surface area contributed by atoms with E-state index in [2.05, 4.69) is 5.32 Å². The molecule has 0 fully saturated rings. The van der Waals surface area contributed by atoms with Crippen LogP contribution in [0.15, 0.2) is 24.3 Å². The molecule has 114 valence electrons. The first-order valence-corrected chi connectivity index (χ1v) is 6.44. The molecule has 0 aliphatic rings. The number of hydrogen-bond acceptors (Lipinski definition) is 4. The number of hydrogen-bond donors (Lipinski definition) is 3. The van der Waals surface area contributed by atoms with E-state index in [4.69, 9.17) is 15.6 Å². The molecule has 2 amide bonds. The van der Waals surface area contributed by atoms with Gasteiger partial charge >= 0.3 is 5.97 Å². The Morgan fingerprint density at radius 1 is 1.29 bits per heavy atom. The Hall–Kier alpha value is -2.57. The number of aliphatic carboxylic acids is 1. The highest BCUT2D eigenvalue weighted by molar-refractivity contribution is 5.88. The number of carbonyl (C=O) groups excluding carboxylic acids is 2. The van der Waals surface area contributed by atoms with Crippen molar-refractivity contribution in [2.45, 2.75) is 25.8 Å². The SMILES string of the molecule is CCc1ccc(OCC(=O)N[C@H](CC(N)=O)C(=O)O)cc1. The van der Waals surface area contributed by atoms with Crippen molar-refractivity contribution in [1.82, 2.24) is 5.32 Å². The Morgan fingerprint density at radius 3 is 2.38 bits per heavy atom. The zero-order valence-electron chi connectivity index (χ0n) is 11.7. The number of carboxylic acid groups (broad SMARTS) is 1. The molecule has 7 heteroatoms. The third-order valence-electron chi connectivity index (χ3n) is 2.74. The molecule has 1 aromatic rings. The summed E-state index contributed by atoms with van der Waals surface area (Å²) in [6.45, 7) is 1.68. The summed E-state index contributed by atoms with van der Waals surface area (Å²) in [6, 6.07) is 5.86. The first-order chi connectivity index (χ1) is 9.92. The molecule has 7 nitrogen and oxygen atoms in total. The minimum Gasteiger partial charge on any atom is -0.484 e. The quantitative estimate of drug-likeness (QED) is 0.627. The van der Waals surface area contributed by atoms with Gasteiger partial charge in [0.25, 0.3) is 5.91 Å². The van der Waals surface area contributed by atoms with Crippen molar-refractivity contribution in [2.75, 3.05) is 6.61 Å². The average molecular weight is 294 g/mol. The highest BCUT2D eigenvalue weighted by Crippen LogP contribution is 2.12. The highest BCUT2D eigenvalue weighted by Gasteiger charge is 2.22. The summed E-state index contributed by atoms with van der Waals surface area (Å²) in [5, 5.41) is 11.0. The summed E-state index contributed by atoms with van der Waals surface area (Å²) >= 11 is 0. The van der Waals surface area contributed by atoms with E-state index < -0.39 is 30.2 Å². The summed E-state index contributed by atoms with van der Waals surface area (Å²) in [7, 11) is 0. The molecule has 0 bridgehead atoms. The van der Waals surface area contributed by atoms with Gasteiger partial charge in [0.15, 0.2) is 6.61 Å². The van der Waals surface area contributed by atoms with Gasteiger partial charge in [-0.15, -0.1) is 0 Å². The standard InChI is InChI=1S/C14H18N2O5/c1-2-9-3-5-10(6-4-9)21-8-13(18)16-11(14(19)20)7-12(15)17/h3-6,11H,2,7-8H2,1H3,(H2,15,17)(H,16,18)(H,19,20)/t11-/m1/s1. The van der Waals surface area contributed by atoms with Gasteiger partial charge in [0.2, 0.25) is 5.91 Å². The van der Waals surface area contributed by atoms with Gasteiger partial charge in [-0.25, -0.2) is 4.79 Å². The van der Waals surface area contributed by atoms with Crippen molar-refractivity contribution in [3.63, 3.8) is 0 Å². The van der Waals surface area contributed by atoms with Crippen LogP contribution in [-0.4, -0.2) is 35.5 Å². The largest absolute Gasteiger partial charge is 0.484 e. The molecular formula is C14H18N2O5. The molecule has 0 saturated carbocycles. The van der Waals surface area contributed by atoms with Gasteiger partial charge in [0.05, 0.1) is 6.42 Å². The maximum absolute atomic E-state index is 11.6. The van der Waals surface area contributed by atoms with Crippen molar-refractivity contribution < 1.29 is 24.2 Å². The van der Waals surface area contributed by atoms with E-state index in [1.54, 1.807) is 12.1 Å². The van der Waals surface area contributed by atoms with Crippen LogP contribution in [-0.2, 0) is 20.8 Å². The molecule has 0 radical (unpaired) electrons. The van der Waals surface area contributed by atoms with Crippen LogP contribution >= 0.6 is 0 Å². The predicted octanol–water partition coefficient (Wildman–Crippen LogP) is 0.0726. The Morgan fingerprint density at radius 2 is 1.90 bits per heavy atom. The smallest absolute Gasteiger partial charge is 0.326 e. The molecule has 0 spiro atoms. The molecular weight excluding hydrogens is 276 g/mol. The van der Waals surface area contributed by atoms with Gasteiger partial charge in [0.1, 0.15) is 11.8 Å². The van der Waals surface area contributed by atoms with Gasteiger partial charge in [-0.3, -0.25) is 9.59 Å². The Labute approximate surface area is 122 Å². The highest BCUT2D eigenvalue weighted by atomic mass is 16.5. The molecule has 1 atom stereocenters. The average Bonchev–Trinajstić information content (AvgIpc) is 2.44. The lowest BCUT2D eigenvalue weighted by atomic mass is 10.2. The van der Waals surface area contributed by atoms with E-state index in [1.807, 2.05) is 19.1 Å². The second-order valence-electron chi connectivity index (χ2n) is 4.41. The second-order valence-corrected chi connectivity index (χ2v) is 4.41. The molecule has 21 heavy (non-hydrogen) atoms. The molecule has 4 N–H and O–H groups in total. The Kier molecular flexibility index (Phi) is 6.19. The molecule has 0 unspecified atom stereocenters. The zero-order chi connectivity index (χ0) is 15.8. The van der Waals surface area contributed by atoms with Crippen molar-refractivity contribution in [2.24, 2.45) is 5.73 Å². The number of carboxylic acids is 1. The predicted molar refractivity (Wildman–Crippen MR) is 74.7 cm³/mol. The fourth-order valence-corrected chi connectivity index (χ4v) is 1.61. The van der Waals surface area contributed by atoms with Crippen molar-refractivity contribution >= 4 is 17.8 Å². The fourth-order valence-electron chi connectivity index (χ4n) is 1.61. The van der Waals surface area contributed by atoms with Crippen LogP contribution in [0.25, 0.3) is 0 Å². The van der Waals surface area contributed by atoms with E-state index >= 15 is 0 Å². The fraction of sp³-hybridized carbons (Fsp3) is 0.357. The summed E-state index contributed by atoms with van der Waals surface area (Å²) in [5.74, 6) is -2.26. The van der Waals surface area contributed by atoms with Crippen molar-refractivity contribution in [3.05, 3.63) is 29.8 Å². The van der Waals surface area contributed by atoms with Gasteiger partial charge in [-0.1, -0.05) is 19.1 Å². The van der Waals surface area contributed by atoms with Gasteiger partial charge in [-0.05, 0) is 24.1 Å². The van der Waals surface area contributed by atoms with E-state index in [1.165, 1.54) is 0 Å². The number of nitrogens with two attached hydrogens (primary N) is 1. The monoisotopic (exact) mass is 294 g/mol. The zero-order valence-corrected chi connectivity index (χ0v) is 11.7. The van der Waals surface area contributed by atoms with Crippen LogP contribution in [0.2, 0.25) is 0 Å². The maximum atomic E-state index is 11.6. The summed E-state index contributed by atoms with van der Waals surface area (Å²) in [4.78, 5) is 33.1. The molecule has 0 aliphatic heterocycles. The third kappa shape index (κ3) is 5.94. The molecule has 0 aromatic heterocycles. The number of benzene rings is 1. The Bertz CT molecular complexity index is 513. The van der Waals surface area contributed by atoms with Crippen LogP contribution < -0.4 is 15.8 Å². The minimum atomic E-state index is -1.35. The number of rotatable bonds is 8. The number of aryl methyl sites for hydroxylation is 1. The number of carbonyl (C=O) groups is 3. The van der Waals surface area contributed by atoms with Crippen LogP contribution in [0.3, 0.4) is 0 Å². The number of ether oxygens (including phenoxy) is 1. The molecule has 0 heterocycles. The first kappa shape index (κ1) is 16.5. The first-order valence-electron chi connectivity index (χ1n) is 6.44. The summed E-state index contributed by atoms with van der Waals surface area (Å²) < 4.78 is 5.23. The van der Waals surface area contributed by atoms with E-state index in [0.29, 0.717) is 5.75 Å². The maximum Gasteiger partial charge on any atom is 0.326 e. The van der Waals surface area contributed by atoms with Gasteiger partial charge in [0, 0.05) is 0 Å². The number of nitrogens with one attached hydrogen (secondary N) is 1. The van der Waals surface area contributed by atoms with Crippen molar-refractivity contribution in [3.8, 4) is 5.75 Å². The van der Waals surface area contributed by atoms with Crippen LogP contribution in [0.4, 0.5) is 0 Å². The minimum absolute atomic E-state index is 0.339. The third-order valence-corrected chi connectivity index (χ3v) is 2.74. The normalized spacial score (nSPS) is 11.5. The topological polar surface area (TPSA) is 119 Å². The lowest BCUT2D eigenvalue weighted by molar-refractivity contribution is -0.143. The van der Waals surface area contributed by atoms with Crippen LogP contribution in [0, 0.1) is 0 Å².